The van der Waals surface area contributed by atoms with Gasteiger partial charge in [-0.25, -0.2) is 9.78 Å². The van der Waals surface area contributed by atoms with Crippen LogP contribution in [0.5, 0.6) is 0 Å². The van der Waals surface area contributed by atoms with Crippen molar-refractivity contribution in [1.82, 2.24) is 20.1 Å². The van der Waals surface area contributed by atoms with Gasteiger partial charge < -0.3 is 19.9 Å². The molecule has 0 spiro atoms. The van der Waals surface area contributed by atoms with Crippen LogP contribution in [0.15, 0.2) is 11.2 Å². The Kier molecular flexibility index (Phi) is 11.4. The van der Waals surface area contributed by atoms with Crippen LogP contribution >= 0.6 is 35.3 Å². The van der Waals surface area contributed by atoms with Crippen LogP contribution in [0.4, 0.5) is 4.79 Å². The third-order valence-corrected chi connectivity index (χ3v) is 6.13. The predicted octanol–water partition coefficient (Wildman–Crippen LogP) is 4.37. The highest BCUT2D eigenvalue weighted by atomic mass is 127. The summed E-state index contributed by atoms with van der Waals surface area (Å²) in [7, 11) is 1.83. The Morgan fingerprint density at radius 2 is 2.03 bits per heavy atom. The molecule has 7 nitrogen and oxygen atoms in total. The standard InChI is InChI=1S/C21H37N5O2S.HI/c1-7-17-13-23-18(29-17)14-24-19(22-6)26-11-9-16(10-12-26)15-25(8-2)20(27)28-21(3,4)5;/h13,16H,7-12,14-15H2,1-6H3,(H,22,24);1H. The number of hydrogen-bond donors (Lipinski definition) is 1. The molecule has 1 aliphatic rings. The summed E-state index contributed by atoms with van der Waals surface area (Å²) in [6, 6.07) is 0. The molecule has 0 bridgehead atoms. The minimum Gasteiger partial charge on any atom is -0.444 e. The molecule has 0 saturated carbocycles. The highest BCUT2D eigenvalue weighted by molar-refractivity contribution is 14.0. The second kappa shape index (κ2) is 12.7. The van der Waals surface area contributed by atoms with Crippen LogP contribution in [0.1, 0.15) is 57.3 Å². The smallest absolute Gasteiger partial charge is 0.410 e. The highest BCUT2D eigenvalue weighted by Crippen LogP contribution is 2.20. The van der Waals surface area contributed by atoms with Crippen molar-refractivity contribution < 1.29 is 9.53 Å². The number of rotatable bonds is 6. The largest absolute Gasteiger partial charge is 0.444 e. The van der Waals surface area contributed by atoms with Gasteiger partial charge in [0.2, 0.25) is 0 Å². The van der Waals surface area contributed by atoms with Gasteiger partial charge in [0.1, 0.15) is 10.6 Å². The number of carbonyl (C=O) groups is 1. The third kappa shape index (κ3) is 8.56. The molecule has 0 unspecified atom stereocenters. The predicted molar refractivity (Wildman–Crippen MR) is 135 cm³/mol. The summed E-state index contributed by atoms with van der Waals surface area (Å²) >= 11 is 1.75. The Morgan fingerprint density at radius 3 is 2.53 bits per heavy atom. The average Bonchev–Trinajstić information content (AvgIpc) is 3.14. The van der Waals surface area contributed by atoms with Crippen molar-refractivity contribution in [2.75, 3.05) is 33.2 Å². The number of nitrogens with one attached hydrogen (secondary N) is 1. The number of thiazole rings is 1. The van der Waals surface area contributed by atoms with Gasteiger partial charge in [-0.2, -0.15) is 0 Å². The Morgan fingerprint density at radius 1 is 1.37 bits per heavy atom. The lowest BCUT2D eigenvalue weighted by molar-refractivity contribution is 0.0214. The number of ether oxygens (including phenoxy) is 1. The van der Waals surface area contributed by atoms with Gasteiger partial charge in [-0.3, -0.25) is 4.99 Å². The maximum Gasteiger partial charge on any atom is 0.410 e. The molecule has 1 aliphatic heterocycles. The zero-order chi connectivity index (χ0) is 21.4. The van der Waals surface area contributed by atoms with E-state index >= 15 is 0 Å². The first kappa shape index (κ1) is 26.9. The van der Waals surface area contributed by atoms with Crippen LogP contribution in [0.3, 0.4) is 0 Å². The third-order valence-electron chi connectivity index (χ3n) is 4.99. The van der Waals surface area contributed by atoms with Crippen molar-refractivity contribution in [3.05, 3.63) is 16.1 Å². The molecule has 1 fully saturated rings. The van der Waals surface area contributed by atoms with Crippen molar-refractivity contribution in [2.24, 2.45) is 10.9 Å². The fourth-order valence-corrected chi connectivity index (χ4v) is 4.18. The van der Waals surface area contributed by atoms with Crippen LogP contribution in [0.2, 0.25) is 0 Å². The molecular weight excluding hydrogens is 513 g/mol. The molecular formula is C21H38IN5O2S. The molecule has 0 atom stereocenters. The minimum absolute atomic E-state index is 0. The first-order valence-electron chi connectivity index (χ1n) is 10.6. The molecule has 0 aromatic carbocycles. The fraction of sp³-hybridized carbons (Fsp3) is 0.762. The topological polar surface area (TPSA) is 70.1 Å². The van der Waals surface area contributed by atoms with Crippen LogP contribution in [0.25, 0.3) is 0 Å². The molecule has 1 N–H and O–H groups in total. The van der Waals surface area contributed by atoms with Gasteiger partial charge in [0.25, 0.3) is 0 Å². The van der Waals surface area contributed by atoms with Gasteiger partial charge in [0.05, 0.1) is 6.54 Å². The Hall–Kier alpha value is -1.10. The molecule has 1 amide bonds. The molecule has 2 rings (SSSR count). The number of nitrogens with zero attached hydrogens (tertiary/aromatic N) is 4. The SMILES string of the molecule is CCc1cnc(CNC(=NC)N2CCC(CN(CC)C(=O)OC(C)(C)C)CC2)s1.I. The molecule has 0 aliphatic carbocycles. The number of aromatic nitrogens is 1. The van der Waals surface area contributed by atoms with Crippen molar-refractivity contribution in [3.63, 3.8) is 0 Å². The molecule has 1 aromatic rings. The first-order chi connectivity index (χ1) is 13.8. The number of aryl methyl sites for hydroxylation is 1. The van der Waals surface area contributed by atoms with E-state index in [1.54, 1.807) is 11.3 Å². The summed E-state index contributed by atoms with van der Waals surface area (Å²) in [5.74, 6) is 1.42. The quantitative estimate of drug-likeness (QED) is 0.323. The fourth-order valence-electron chi connectivity index (χ4n) is 3.38. The number of piperidine rings is 1. The molecule has 1 saturated heterocycles. The summed E-state index contributed by atoms with van der Waals surface area (Å²) in [4.78, 5) is 26.7. The molecule has 9 heteroatoms. The van der Waals surface area contributed by atoms with Gasteiger partial charge >= 0.3 is 6.09 Å². The van der Waals surface area contributed by atoms with E-state index in [4.69, 9.17) is 4.74 Å². The lowest BCUT2D eigenvalue weighted by Gasteiger charge is -2.36. The van der Waals surface area contributed by atoms with Gasteiger partial charge in [-0.1, -0.05) is 6.92 Å². The van der Waals surface area contributed by atoms with Gasteiger partial charge in [0.15, 0.2) is 5.96 Å². The normalized spacial score (nSPS) is 15.5. The second-order valence-corrected chi connectivity index (χ2v) is 9.62. The molecule has 172 valence electrons. The number of amides is 1. The minimum atomic E-state index is -0.457. The zero-order valence-electron chi connectivity index (χ0n) is 19.2. The number of aliphatic imine (C=N–C) groups is 1. The van der Waals surface area contributed by atoms with E-state index in [0.29, 0.717) is 19.0 Å². The Labute approximate surface area is 202 Å². The lowest BCUT2D eigenvalue weighted by atomic mass is 9.96. The maximum absolute atomic E-state index is 12.4. The lowest BCUT2D eigenvalue weighted by Crippen LogP contribution is -2.47. The van der Waals surface area contributed by atoms with E-state index < -0.39 is 5.60 Å². The van der Waals surface area contributed by atoms with Gasteiger partial charge in [-0.15, -0.1) is 35.3 Å². The summed E-state index contributed by atoms with van der Waals surface area (Å²) in [6.07, 6.45) is 4.85. The number of carbonyl (C=O) groups excluding carboxylic acids is 1. The number of halogens is 1. The van der Waals surface area contributed by atoms with Gasteiger partial charge in [-0.05, 0) is 52.9 Å². The zero-order valence-corrected chi connectivity index (χ0v) is 22.4. The van der Waals surface area contributed by atoms with Crippen LogP contribution in [-0.2, 0) is 17.7 Å². The summed E-state index contributed by atoms with van der Waals surface area (Å²) < 4.78 is 5.54. The van der Waals surface area contributed by atoms with Crippen molar-refractivity contribution in [2.45, 2.75) is 66.0 Å². The molecule has 2 heterocycles. The summed E-state index contributed by atoms with van der Waals surface area (Å²) in [5, 5.41) is 4.53. The molecule has 1 aromatic heterocycles. The maximum atomic E-state index is 12.4. The first-order valence-corrected chi connectivity index (χ1v) is 11.4. The highest BCUT2D eigenvalue weighted by Gasteiger charge is 2.27. The van der Waals surface area contributed by atoms with Crippen LogP contribution in [0, 0.1) is 5.92 Å². The Balaban J connectivity index is 0.00000450. The van der Waals surface area contributed by atoms with E-state index in [1.165, 1.54) is 4.88 Å². The Bertz CT molecular complexity index is 681. The molecule has 30 heavy (non-hydrogen) atoms. The number of hydrogen-bond acceptors (Lipinski definition) is 5. The van der Waals surface area contributed by atoms with Crippen molar-refractivity contribution in [3.8, 4) is 0 Å². The summed E-state index contributed by atoms with van der Waals surface area (Å²) in [5.41, 5.74) is -0.457. The monoisotopic (exact) mass is 551 g/mol. The number of guanidine groups is 1. The van der Waals surface area contributed by atoms with Crippen LogP contribution in [-0.4, -0.2) is 65.7 Å². The average molecular weight is 552 g/mol. The van der Waals surface area contributed by atoms with Gasteiger partial charge in [0, 0.05) is 44.3 Å². The van der Waals surface area contributed by atoms with Crippen LogP contribution < -0.4 is 5.32 Å². The van der Waals surface area contributed by atoms with E-state index in [9.17, 15) is 4.79 Å². The van der Waals surface area contributed by atoms with Crippen molar-refractivity contribution >= 4 is 47.4 Å². The van der Waals surface area contributed by atoms with E-state index in [1.807, 2.05) is 45.8 Å². The van der Waals surface area contributed by atoms with E-state index in [-0.39, 0.29) is 30.1 Å². The summed E-state index contributed by atoms with van der Waals surface area (Å²) in [6.45, 7) is 13.9. The van der Waals surface area contributed by atoms with E-state index in [2.05, 4.69) is 27.1 Å². The second-order valence-electron chi connectivity index (χ2n) is 8.42. The van der Waals surface area contributed by atoms with Crippen molar-refractivity contribution in [1.29, 1.82) is 0 Å². The molecule has 0 radical (unpaired) electrons. The number of likely N-dealkylation sites (tertiary alicyclic amines) is 1. The van der Waals surface area contributed by atoms with E-state index in [0.717, 1.165) is 49.9 Å².